The molecule has 0 unspecified atom stereocenters. The van der Waals surface area contributed by atoms with E-state index in [2.05, 4.69) is 43.4 Å². The van der Waals surface area contributed by atoms with Crippen LogP contribution in [0.25, 0.3) is 6.08 Å². The van der Waals surface area contributed by atoms with E-state index in [1.807, 2.05) is 0 Å². The zero-order valence-corrected chi connectivity index (χ0v) is 21.4. The Morgan fingerprint density at radius 2 is 1.92 bits per heavy atom. The second-order valence-electron chi connectivity index (χ2n) is 10.0. The first-order valence-electron chi connectivity index (χ1n) is 12.6. The maximum Gasteiger partial charge on any atom is 0.306 e. The van der Waals surface area contributed by atoms with E-state index in [9.17, 15) is 18.7 Å². The van der Waals surface area contributed by atoms with Gasteiger partial charge in [0, 0.05) is 18.5 Å². The molecule has 2 aromatic carbocycles. The van der Waals surface area contributed by atoms with E-state index in [0.29, 0.717) is 24.5 Å². The number of aliphatic hydroxyl groups excluding tert-OH is 1. The summed E-state index contributed by atoms with van der Waals surface area (Å²) in [5.41, 5.74) is 3.03. The zero-order chi connectivity index (χ0) is 26.1. The molecule has 3 rings (SSSR count). The fraction of sp³-hybridized carbons (Fsp3) is 0.483. The molecule has 0 saturated carbocycles. The van der Waals surface area contributed by atoms with Gasteiger partial charge in [-0.05, 0) is 81.2 Å². The van der Waals surface area contributed by atoms with Gasteiger partial charge in [-0.25, -0.2) is 4.39 Å². The second-order valence-corrected chi connectivity index (χ2v) is 10.0. The molecule has 0 aromatic heterocycles. The van der Waals surface area contributed by atoms with Crippen molar-refractivity contribution in [1.29, 1.82) is 0 Å². The summed E-state index contributed by atoms with van der Waals surface area (Å²) in [5, 5.41) is 13.8. The Morgan fingerprint density at radius 1 is 1.22 bits per heavy atom. The van der Waals surface area contributed by atoms with Gasteiger partial charge in [-0.3, -0.25) is 4.79 Å². The van der Waals surface area contributed by atoms with Gasteiger partial charge in [-0.2, -0.15) is 4.39 Å². The molecule has 0 aliphatic heterocycles. The lowest BCUT2D eigenvalue weighted by atomic mass is 9.88. The number of nitrogens with one attached hydrogen (secondary N) is 1. The number of ether oxygens (including phenoxy) is 2. The topological polar surface area (TPSA) is 67.8 Å². The fourth-order valence-corrected chi connectivity index (χ4v) is 4.67. The Labute approximate surface area is 212 Å². The van der Waals surface area contributed by atoms with Crippen LogP contribution in [0.5, 0.6) is 5.75 Å². The summed E-state index contributed by atoms with van der Waals surface area (Å²) in [7, 11) is 0. The minimum Gasteiger partial charge on any atom is -0.488 e. The van der Waals surface area contributed by atoms with Crippen LogP contribution < -0.4 is 10.1 Å². The molecule has 1 aliphatic rings. The number of rotatable bonds is 13. The van der Waals surface area contributed by atoms with E-state index in [-0.39, 0.29) is 36.8 Å². The number of hydrogen-bond donors (Lipinski definition) is 2. The molecular formula is C29H37F2NO4. The Hall–Kier alpha value is -2.77. The molecule has 7 heteroatoms. The monoisotopic (exact) mass is 501 g/mol. The third kappa shape index (κ3) is 8.42. The molecule has 0 fully saturated rings. The van der Waals surface area contributed by atoms with Crippen LogP contribution in [0.4, 0.5) is 8.78 Å². The standard InChI is InChI=1S/C29H37F2NO4/c1-4-35-27(34)12-8-5-9-20-15-25(30)28(31)26(16-20)36-19-24(33)18-32-29(2,3)17-21-13-22-10-6-7-11-23(22)14-21/h5-7,9-11,15-16,21,24,32-33H,4,8,12-14,17-19H2,1-3H3/t24-/m0/s1. The number of hydrogen-bond acceptors (Lipinski definition) is 5. The van der Waals surface area contributed by atoms with E-state index in [1.54, 1.807) is 19.1 Å². The Morgan fingerprint density at radius 3 is 2.58 bits per heavy atom. The highest BCUT2D eigenvalue weighted by atomic mass is 19.2. The fourth-order valence-electron chi connectivity index (χ4n) is 4.67. The summed E-state index contributed by atoms with van der Waals surface area (Å²) in [4.78, 5) is 11.4. The van der Waals surface area contributed by atoms with Crippen LogP contribution in [-0.4, -0.2) is 42.5 Å². The molecule has 2 aromatic rings. The molecule has 0 heterocycles. The average Bonchev–Trinajstić information content (AvgIpc) is 3.23. The average molecular weight is 502 g/mol. The minimum atomic E-state index is -1.10. The molecule has 5 nitrogen and oxygen atoms in total. The molecule has 0 radical (unpaired) electrons. The third-order valence-electron chi connectivity index (χ3n) is 6.33. The Bertz CT molecular complexity index is 1030. The van der Waals surface area contributed by atoms with Crippen LogP contribution in [0.3, 0.4) is 0 Å². The molecule has 0 amide bonds. The minimum absolute atomic E-state index is 0.176. The molecular weight excluding hydrogens is 464 g/mol. The van der Waals surface area contributed by atoms with Crippen molar-refractivity contribution in [2.24, 2.45) is 5.92 Å². The second kappa shape index (κ2) is 13.0. The van der Waals surface area contributed by atoms with E-state index in [0.717, 1.165) is 25.3 Å². The van der Waals surface area contributed by atoms with Gasteiger partial charge in [0.25, 0.3) is 0 Å². The molecule has 0 saturated heterocycles. The smallest absolute Gasteiger partial charge is 0.306 e. The van der Waals surface area contributed by atoms with Crippen LogP contribution in [0.2, 0.25) is 0 Å². The number of aliphatic hydroxyl groups is 1. The summed E-state index contributed by atoms with van der Waals surface area (Å²) in [6.45, 7) is 6.36. The summed E-state index contributed by atoms with van der Waals surface area (Å²) in [6.07, 6.45) is 6.10. The zero-order valence-electron chi connectivity index (χ0n) is 21.4. The first kappa shape index (κ1) is 27.8. The first-order valence-corrected chi connectivity index (χ1v) is 12.6. The van der Waals surface area contributed by atoms with Crippen molar-refractivity contribution in [2.75, 3.05) is 19.8 Å². The van der Waals surface area contributed by atoms with Gasteiger partial charge in [-0.15, -0.1) is 0 Å². The van der Waals surface area contributed by atoms with Gasteiger partial charge in [-0.1, -0.05) is 36.4 Å². The van der Waals surface area contributed by atoms with Crippen molar-refractivity contribution in [3.63, 3.8) is 0 Å². The van der Waals surface area contributed by atoms with Gasteiger partial charge in [0.15, 0.2) is 11.6 Å². The van der Waals surface area contributed by atoms with Gasteiger partial charge >= 0.3 is 5.97 Å². The van der Waals surface area contributed by atoms with Crippen molar-refractivity contribution in [3.05, 3.63) is 70.8 Å². The van der Waals surface area contributed by atoms with Gasteiger partial charge in [0.1, 0.15) is 12.7 Å². The van der Waals surface area contributed by atoms with Crippen molar-refractivity contribution in [2.45, 2.75) is 64.5 Å². The van der Waals surface area contributed by atoms with E-state index in [1.165, 1.54) is 17.2 Å². The van der Waals surface area contributed by atoms with Crippen LogP contribution in [-0.2, 0) is 22.4 Å². The maximum absolute atomic E-state index is 14.2. The largest absolute Gasteiger partial charge is 0.488 e. The number of carbonyl (C=O) groups is 1. The van der Waals surface area contributed by atoms with E-state index < -0.39 is 17.7 Å². The SMILES string of the molecule is CCOC(=O)CCC=Cc1cc(F)c(F)c(OC[C@@H](O)CNC(C)(C)CC2Cc3ccccc3C2)c1. The Kier molecular flexibility index (Phi) is 10.0. The molecule has 2 N–H and O–H groups in total. The van der Waals surface area contributed by atoms with E-state index >= 15 is 0 Å². The lowest BCUT2D eigenvalue weighted by Gasteiger charge is -2.30. The van der Waals surface area contributed by atoms with Crippen molar-refractivity contribution >= 4 is 12.0 Å². The van der Waals surface area contributed by atoms with E-state index in [4.69, 9.17) is 9.47 Å². The summed E-state index contributed by atoms with van der Waals surface area (Å²) in [6, 6.07) is 11.0. The summed E-state index contributed by atoms with van der Waals surface area (Å²) >= 11 is 0. The van der Waals surface area contributed by atoms with Gasteiger partial charge < -0.3 is 19.9 Å². The normalized spacial score (nSPS) is 14.7. The van der Waals surface area contributed by atoms with Crippen LogP contribution in [0, 0.1) is 17.6 Å². The number of carbonyl (C=O) groups excluding carboxylic acids is 1. The predicted molar refractivity (Wildman–Crippen MR) is 137 cm³/mol. The third-order valence-corrected chi connectivity index (χ3v) is 6.33. The quantitative estimate of drug-likeness (QED) is 0.368. The number of esters is 1. The predicted octanol–water partition coefficient (Wildman–Crippen LogP) is 5.23. The van der Waals surface area contributed by atoms with Gasteiger partial charge in [0.05, 0.1) is 6.61 Å². The number of fused-ring (bicyclic) bond motifs is 1. The first-order chi connectivity index (χ1) is 17.2. The highest BCUT2D eigenvalue weighted by Crippen LogP contribution is 2.32. The molecule has 0 bridgehead atoms. The van der Waals surface area contributed by atoms with Crippen molar-refractivity contribution < 1.29 is 28.2 Å². The summed E-state index contributed by atoms with van der Waals surface area (Å²) < 4.78 is 38.6. The molecule has 36 heavy (non-hydrogen) atoms. The lowest BCUT2D eigenvalue weighted by molar-refractivity contribution is -0.143. The highest BCUT2D eigenvalue weighted by molar-refractivity contribution is 5.69. The van der Waals surface area contributed by atoms with Gasteiger partial charge in [0.2, 0.25) is 5.82 Å². The number of allylic oxidation sites excluding steroid dienone is 1. The van der Waals surface area contributed by atoms with Crippen LogP contribution >= 0.6 is 0 Å². The number of benzene rings is 2. The number of β-amino-alcohol motifs (C(OH)–C–C–N with tert-alkyl or cyclic N) is 1. The highest BCUT2D eigenvalue weighted by Gasteiger charge is 2.28. The van der Waals surface area contributed by atoms with Crippen LogP contribution in [0.1, 0.15) is 56.7 Å². The molecule has 0 spiro atoms. The lowest BCUT2D eigenvalue weighted by Crippen LogP contribution is -2.46. The van der Waals surface area contributed by atoms with Crippen molar-refractivity contribution in [1.82, 2.24) is 5.32 Å². The van der Waals surface area contributed by atoms with Crippen LogP contribution in [0.15, 0.2) is 42.5 Å². The molecule has 1 aliphatic carbocycles. The van der Waals surface area contributed by atoms with Crippen molar-refractivity contribution in [3.8, 4) is 5.75 Å². The number of halogens is 2. The molecule has 196 valence electrons. The Balaban J connectivity index is 1.46. The summed E-state index contributed by atoms with van der Waals surface area (Å²) in [5.74, 6) is -2.16. The molecule has 1 atom stereocenters. The maximum atomic E-state index is 14.2.